The number of carbonyl (C=O) groups excluding carboxylic acids is 1. The van der Waals surface area contributed by atoms with Gasteiger partial charge in [0, 0.05) is 17.7 Å². The van der Waals surface area contributed by atoms with Gasteiger partial charge >= 0.3 is 6.03 Å². The third-order valence-electron chi connectivity index (χ3n) is 1.87. The molecule has 1 rings (SSSR count). The molecule has 88 valence electrons. The van der Waals surface area contributed by atoms with Gasteiger partial charge in [0.25, 0.3) is 0 Å². The molecule has 0 saturated heterocycles. The third-order valence-corrected chi connectivity index (χ3v) is 2.59. The van der Waals surface area contributed by atoms with E-state index in [9.17, 15) is 4.79 Å². The van der Waals surface area contributed by atoms with Crippen LogP contribution in [0.2, 0.25) is 0 Å². The number of nitrogens with one attached hydrogen (secondary N) is 1. The van der Waals surface area contributed by atoms with Crippen LogP contribution in [0.25, 0.3) is 0 Å². The lowest BCUT2D eigenvalue weighted by molar-refractivity contribution is 0.213. The minimum Gasteiger partial charge on any atom is -0.492 e. The topological polar surface area (TPSA) is 41.6 Å². The van der Waals surface area contributed by atoms with Gasteiger partial charge in [-0.15, -0.1) is 0 Å². The first kappa shape index (κ1) is 13.1. The summed E-state index contributed by atoms with van der Waals surface area (Å²) in [7, 11) is 3.41. The Bertz CT molecular complexity index is 338. The highest BCUT2D eigenvalue weighted by atomic mass is 127. The fourth-order valence-corrected chi connectivity index (χ4v) is 1.38. The second kappa shape index (κ2) is 6.57. The molecular formula is C11H15IN2O2. The maximum absolute atomic E-state index is 11.2. The molecule has 0 aliphatic carbocycles. The molecule has 0 fully saturated rings. The number of amides is 2. The lowest BCUT2D eigenvalue weighted by Gasteiger charge is -2.12. The molecule has 0 aromatic heterocycles. The van der Waals surface area contributed by atoms with Crippen LogP contribution in [0.4, 0.5) is 4.79 Å². The first-order valence-electron chi connectivity index (χ1n) is 4.93. The molecule has 0 bridgehead atoms. The average molecular weight is 334 g/mol. The maximum atomic E-state index is 11.2. The Kier molecular flexibility index (Phi) is 5.37. The number of benzene rings is 1. The van der Waals surface area contributed by atoms with Gasteiger partial charge in [-0.2, -0.15) is 0 Å². The van der Waals surface area contributed by atoms with Crippen molar-refractivity contribution in [3.05, 3.63) is 27.8 Å². The zero-order chi connectivity index (χ0) is 12.0. The maximum Gasteiger partial charge on any atom is 0.316 e. The Hall–Kier alpha value is -0.980. The van der Waals surface area contributed by atoms with Crippen molar-refractivity contribution in [2.24, 2.45) is 0 Å². The van der Waals surface area contributed by atoms with E-state index in [-0.39, 0.29) is 6.03 Å². The summed E-state index contributed by atoms with van der Waals surface area (Å²) < 4.78 is 6.63. The average Bonchev–Trinajstić information content (AvgIpc) is 2.26. The van der Waals surface area contributed by atoms with Gasteiger partial charge in [-0.05, 0) is 46.9 Å². The summed E-state index contributed by atoms with van der Waals surface area (Å²) in [4.78, 5) is 12.6. The molecule has 0 aliphatic heterocycles. The highest BCUT2D eigenvalue weighted by molar-refractivity contribution is 14.1. The second-order valence-electron chi connectivity index (χ2n) is 3.43. The fraction of sp³-hybridized carbons (Fsp3) is 0.364. The van der Waals surface area contributed by atoms with Crippen molar-refractivity contribution in [2.75, 3.05) is 27.2 Å². The van der Waals surface area contributed by atoms with Crippen molar-refractivity contribution in [3.63, 3.8) is 0 Å². The van der Waals surface area contributed by atoms with Gasteiger partial charge in [0.2, 0.25) is 0 Å². The standard InChI is InChI=1S/C11H15IN2O2/c1-14(2)11(15)13-7-8-16-10-5-3-9(12)4-6-10/h3-6H,7-8H2,1-2H3,(H,13,15). The van der Waals surface area contributed by atoms with Gasteiger partial charge in [-0.3, -0.25) is 0 Å². The van der Waals surface area contributed by atoms with E-state index in [0.717, 1.165) is 5.75 Å². The van der Waals surface area contributed by atoms with Crippen LogP contribution in [0.3, 0.4) is 0 Å². The van der Waals surface area contributed by atoms with Gasteiger partial charge in [-0.25, -0.2) is 4.79 Å². The molecule has 0 atom stereocenters. The Labute approximate surface area is 109 Å². The highest BCUT2D eigenvalue weighted by Crippen LogP contribution is 2.12. The van der Waals surface area contributed by atoms with E-state index in [0.29, 0.717) is 13.2 Å². The number of hydrogen-bond acceptors (Lipinski definition) is 2. The molecule has 1 aromatic rings. The van der Waals surface area contributed by atoms with Crippen LogP contribution in [0.15, 0.2) is 24.3 Å². The Morgan fingerprint density at radius 3 is 2.56 bits per heavy atom. The molecule has 0 heterocycles. The van der Waals surface area contributed by atoms with Crippen LogP contribution in [-0.4, -0.2) is 38.2 Å². The molecular weight excluding hydrogens is 319 g/mol. The lowest BCUT2D eigenvalue weighted by Crippen LogP contribution is -2.36. The monoisotopic (exact) mass is 334 g/mol. The van der Waals surface area contributed by atoms with E-state index in [1.54, 1.807) is 14.1 Å². The molecule has 0 spiro atoms. The van der Waals surface area contributed by atoms with Crippen molar-refractivity contribution in [1.29, 1.82) is 0 Å². The van der Waals surface area contributed by atoms with Crippen molar-refractivity contribution < 1.29 is 9.53 Å². The van der Waals surface area contributed by atoms with Crippen LogP contribution in [-0.2, 0) is 0 Å². The van der Waals surface area contributed by atoms with E-state index in [4.69, 9.17) is 4.74 Å². The second-order valence-corrected chi connectivity index (χ2v) is 4.67. The minimum atomic E-state index is -0.105. The summed E-state index contributed by atoms with van der Waals surface area (Å²) in [5, 5.41) is 2.72. The summed E-state index contributed by atoms with van der Waals surface area (Å²) in [6.45, 7) is 0.975. The van der Waals surface area contributed by atoms with Gasteiger partial charge in [0.05, 0.1) is 6.54 Å². The molecule has 0 unspecified atom stereocenters. The number of ether oxygens (including phenoxy) is 1. The smallest absolute Gasteiger partial charge is 0.316 e. The Balaban J connectivity index is 2.21. The van der Waals surface area contributed by atoms with Crippen LogP contribution in [0, 0.1) is 3.57 Å². The normalized spacial score (nSPS) is 9.69. The Morgan fingerprint density at radius 1 is 1.38 bits per heavy atom. The molecule has 0 aliphatic rings. The van der Waals surface area contributed by atoms with E-state index < -0.39 is 0 Å². The van der Waals surface area contributed by atoms with Crippen LogP contribution in [0.5, 0.6) is 5.75 Å². The molecule has 2 amide bonds. The van der Waals surface area contributed by atoms with Crippen LogP contribution in [0.1, 0.15) is 0 Å². The Morgan fingerprint density at radius 2 is 2.00 bits per heavy atom. The summed E-state index contributed by atoms with van der Waals surface area (Å²) in [5.74, 6) is 0.819. The van der Waals surface area contributed by atoms with Crippen molar-refractivity contribution in [3.8, 4) is 5.75 Å². The molecule has 0 radical (unpaired) electrons. The first-order chi connectivity index (χ1) is 7.59. The van der Waals surface area contributed by atoms with Gasteiger partial charge < -0.3 is 15.0 Å². The zero-order valence-corrected chi connectivity index (χ0v) is 11.5. The molecule has 0 saturated carbocycles. The number of carbonyl (C=O) groups is 1. The highest BCUT2D eigenvalue weighted by Gasteiger charge is 2.01. The summed E-state index contributed by atoms with van der Waals surface area (Å²) >= 11 is 2.24. The van der Waals surface area contributed by atoms with Gasteiger partial charge in [-0.1, -0.05) is 0 Å². The largest absolute Gasteiger partial charge is 0.492 e. The fourth-order valence-electron chi connectivity index (χ4n) is 1.02. The van der Waals surface area contributed by atoms with E-state index in [1.807, 2.05) is 24.3 Å². The van der Waals surface area contributed by atoms with Crippen molar-refractivity contribution in [1.82, 2.24) is 10.2 Å². The minimum absolute atomic E-state index is 0.105. The zero-order valence-electron chi connectivity index (χ0n) is 9.37. The van der Waals surface area contributed by atoms with E-state index in [1.165, 1.54) is 8.47 Å². The molecule has 1 N–H and O–H groups in total. The molecule has 4 nitrogen and oxygen atoms in total. The third kappa shape index (κ3) is 4.69. The van der Waals surface area contributed by atoms with Gasteiger partial charge in [0.1, 0.15) is 12.4 Å². The number of hydrogen-bond donors (Lipinski definition) is 1. The predicted molar refractivity (Wildman–Crippen MR) is 71.7 cm³/mol. The molecule has 5 heteroatoms. The first-order valence-corrected chi connectivity index (χ1v) is 6.01. The van der Waals surface area contributed by atoms with Gasteiger partial charge in [0.15, 0.2) is 0 Å². The quantitative estimate of drug-likeness (QED) is 0.675. The van der Waals surface area contributed by atoms with E-state index >= 15 is 0 Å². The SMILES string of the molecule is CN(C)C(=O)NCCOc1ccc(I)cc1. The van der Waals surface area contributed by atoms with E-state index in [2.05, 4.69) is 27.9 Å². The van der Waals surface area contributed by atoms with Crippen molar-refractivity contribution in [2.45, 2.75) is 0 Å². The summed E-state index contributed by atoms with van der Waals surface area (Å²) in [5.41, 5.74) is 0. The lowest BCUT2D eigenvalue weighted by atomic mass is 10.3. The summed E-state index contributed by atoms with van der Waals surface area (Å²) in [6.07, 6.45) is 0. The molecule has 1 aromatic carbocycles. The van der Waals surface area contributed by atoms with Crippen LogP contribution < -0.4 is 10.1 Å². The number of halogens is 1. The predicted octanol–water partition coefficient (Wildman–Crippen LogP) is 1.94. The number of nitrogens with zero attached hydrogens (tertiary/aromatic N) is 1. The number of rotatable bonds is 4. The summed E-state index contributed by atoms with van der Waals surface area (Å²) in [6, 6.07) is 7.68. The van der Waals surface area contributed by atoms with Crippen LogP contribution >= 0.6 is 22.6 Å². The number of urea groups is 1. The van der Waals surface area contributed by atoms with Crippen molar-refractivity contribution >= 4 is 28.6 Å². The molecule has 16 heavy (non-hydrogen) atoms.